The summed E-state index contributed by atoms with van der Waals surface area (Å²) in [5, 5.41) is 0. The maximum atomic E-state index is 14.5. The van der Waals surface area contributed by atoms with E-state index < -0.39 is 0 Å². The van der Waals surface area contributed by atoms with Gasteiger partial charge in [-0.15, -0.1) is 0 Å². The molecule has 5 aromatic heterocycles. The molecule has 0 bridgehead atoms. The number of fused-ring (bicyclic) bond motifs is 2. The third kappa shape index (κ3) is 10.00. The molecule has 0 spiro atoms. The van der Waals surface area contributed by atoms with Crippen LogP contribution in [0.5, 0.6) is 23.0 Å². The standard InChI is InChI=1S/C28H23FN2O2.C25H25N3O.C2H6/c1-19(2)32-27-14-10-21(16-25(27)29)22-11-15-28-30-17-26(31(28)18-22)20-8-12-24(13-9-20)33-23-6-4-3-5-7-23;1-16(2)29-21-9-6-18(7-10-21)22-15-28-24(14-27-25(28)12-17(22)3)20-8-11-23(26-13-20)19-4-5-19;1-2/h3-19H,1-2H3;6-16,19H,4-5H2,1-3H3;1-2H3. The van der Waals surface area contributed by atoms with Gasteiger partial charge in [-0.1, -0.05) is 50.2 Å². The van der Waals surface area contributed by atoms with Crippen molar-refractivity contribution in [2.24, 2.45) is 0 Å². The average Bonchev–Trinajstić information content (AvgIpc) is 3.95. The van der Waals surface area contributed by atoms with Crippen LogP contribution >= 0.6 is 0 Å². The summed E-state index contributed by atoms with van der Waals surface area (Å²) in [6.07, 6.45) is 12.5. The van der Waals surface area contributed by atoms with Gasteiger partial charge in [0.05, 0.1) is 36.0 Å². The Morgan fingerprint density at radius 2 is 1.14 bits per heavy atom. The summed E-state index contributed by atoms with van der Waals surface area (Å²) >= 11 is 0. The van der Waals surface area contributed by atoms with E-state index >= 15 is 0 Å². The highest BCUT2D eigenvalue weighted by Gasteiger charge is 2.25. The fourth-order valence-corrected chi connectivity index (χ4v) is 7.51. The molecule has 5 heterocycles. The second-order valence-corrected chi connectivity index (χ2v) is 16.2. The van der Waals surface area contributed by atoms with Gasteiger partial charge < -0.3 is 14.2 Å². The van der Waals surface area contributed by atoms with Gasteiger partial charge in [0, 0.05) is 46.9 Å². The van der Waals surface area contributed by atoms with Gasteiger partial charge in [-0.05, 0) is 161 Å². The number of para-hydroxylation sites is 1. The summed E-state index contributed by atoms with van der Waals surface area (Å²) in [5.74, 6) is 3.01. The van der Waals surface area contributed by atoms with Gasteiger partial charge in [0.25, 0.3) is 0 Å². The molecule has 0 saturated heterocycles. The monoisotopic (exact) mass is 851 g/mol. The maximum absolute atomic E-state index is 14.5. The molecule has 1 fully saturated rings. The van der Waals surface area contributed by atoms with Crippen LogP contribution in [0, 0.1) is 12.7 Å². The van der Waals surface area contributed by atoms with Crippen molar-refractivity contribution in [3.8, 4) is 67.8 Å². The van der Waals surface area contributed by atoms with Crippen molar-refractivity contribution < 1.29 is 18.6 Å². The number of pyridine rings is 3. The lowest BCUT2D eigenvalue weighted by molar-refractivity contribution is 0.231. The van der Waals surface area contributed by atoms with Gasteiger partial charge in [0.1, 0.15) is 28.5 Å². The normalized spacial score (nSPS) is 12.2. The number of halogens is 1. The van der Waals surface area contributed by atoms with Crippen LogP contribution in [0.1, 0.15) is 71.6 Å². The van der Waals surface area contributed by atoms with Gasteiger partial charge >= 0.3 is 0 Å². The quantitative estimate of drug-likeness (QED) is 0.129. The average molecular weight is 852 g/mol. The molecule has 0 atom stereocenters. The molecule has 64 heavy (non-hydrogen) atoms. The van der Waals surface area contributed by atoms with E-state index in [1.54, 1.807) is 6.07 Å². The first-order valence-corrected chi connectivity index (χ1v) is 22.1. The Hall–Kier alpha value is -7.26. The van der Waals surface area contributed by atoms with Crippen LogP contribution in [0.15, 0.2) is 158 Å². The van der Waals surface area contributed by atoms with Crippen molar-refractivity contribution in [3.05, 3.63) is 175 Å². The van der Waals surface area contributed by atoms with Crippen LogP contribution < -0.4 is 14.2 Å². The van der Waals surface area contributed by atoms with Crippen molar-refractivity contribution >= 4 is 11.3 Å². The molecule has 0 radical (unpaired) electrons. The molecule has 0 unspecified atom stereocenters. The Labute approximate surface area is 375 Å². The smallest absolute Gasteiger partial charge is 0.165 e. The third-order valence-corrected chi connectivity index (χ3v) is 10.7. The Balaban J connectivity index is 0.000000170. The second kappa shape index (κ2) is 19.4. The fraction of sp³-hybridized carbons (Fsp3) is 0.218. The summed E-state index contributed by atoms with van der Waals surface area (Å²) in [5.41, 5.74) is 12.3. The number of benzene rings is 4. The summed E-state index contributed by atoms with van der Waals surface area (Å²) in [7, 11) is 0. The van der Waals surface area contributed by atoms with E-state index in [-0.39, 0.29) is 23.8 Å². The molecule has 10 rings (SSSR count). The summed E-state index contributed by atoms with van der Waals surface area (Å²) in [4.78, 5) is 13.8. The summed E-state index contributed by atoms with van der Waals surface area (Å²) in [6, 6.07) is 41.3. The first-order chi connectivity index (χ1) is 31.1. The zero-order valence-electron chi connectivity index (χ0n) is 37.5. The minimum Gasteiger partial charge on any atom is -0.491 e. The molecule has 0 aliphatic heterocycles. The molecule has 8 nitrogen and oxygen atoms in total. The number of aromatic nitrogens is 5. The van der Waals surface area contributed by atoms with Crippen LogP contribution in [0.2, 0.25) is 0 Å². The number of aryl methyl sites for hydroxylation is 1. The lowest BCUT2D eigenvalue weighted by Crippen LogP contribution is -2.06. The first-order valence-electron chi connectivity index (χ1n) is 22.1. The van der Waals surface area contributed by atoms with Gasteiger partial charge in [-0.2, -0.15) is 0 Å². The first kappa shape index (κ1) is 43.4. The predicted octanol–water partition coefficient (Wildman–Crippen LogP) is 14.4. The second-order valence-electron chi connectivity index (χ2n) is 16.2. The molecule has 0 amide bonds. The molecule has 1 aliphatic rings. The Bertz CT molecular complexity index is 2950. The SMILES string of the molecule is CC.CC(C)Oc1ccc(-c2ccc3ncc(-c4ccc(Oc5ccccc5)cc4)n3c2)cc1F.Cc1cc2ncc(-c3ccc(C4CC4)nc3)n2cc1-c1ccc(OC(C)C)cc1. The molecule has 0 N–H and O–H groups in total. The van der Waals surface area contributed by atoms with Gasteiger partial charge in [0.2, 0.25) is 0 Å². The zero-order valence-corrected chi connectivity index (χ0v) is 37.5. The topological polar surface area (TPSA) is 75.2 Å². The number of rotatable bonds is 11. The highest BCUT2D eigenvalue weighted by Crippen LogP contribution is 2.39. The minimum absolute atomic E-state index is 0.0836. The summed E-state index contributed by atoms with van der Waals surface area (Å²) in [6.45, 7) is 14.0. The minimum atomic E-state index is -0.374. The van der Waals surface area contributed by atoms with E-state index in [9.17, 15) is 4.39 Å². The number of imidazole rings is 2. The molecule has 1 aliphatic carbocycles. The molecular weight excluding hydrogens is 798 g/mol. The van der Waals surface area contributed by atoms with Crippen LogP contribution in [0.4, 0.5) is 4.39 Å². The molecule has 4 aromatic carbocycles. The van der Waals surface area contributed by atoms with Gasteiger partial charge in [-0.25, -0.2) is 14.4 Å². The Morgan fingerprint density at radius 3 is 1.80 bits per heavy atom. The van der Waals surface area contributed by atoms with Crippen molar-refractivity contribution in [2.75, 3.05) is 0 Å². The fourth-order valence-electron chi connectivity index (χ4n) is 7.51. The van der Waals surface area contributed by atoms with Crippen molar-refractivity contribution in [3.63, 3.8) is 0 Å². The highest BCUT2D eigenvalue weighted by molar-refractivity contribution is 5.73. The maximum Gasteiger partial charge on any atom is 0.165 e. The third-order valence-electron chi connectivity index (χ3n) is 10.7. The highest BCUT2D eigenvalue weighted by atomic mass is 19.1. The van der Waals surface area contributed by atoms with E-state index in [4.69, 9.17) is 14.2 Å². The van der Waals surface area contributed by atoms with Crippen molar-refractivity contribution in [2.45, 2.75) is 79.4 Å². The van der Waals surface area contributed by atoms with E-state index in [0.717, 1.165) is 62.2 Å². The number of hydrogen-bond acceptors (Lipinski definition) is 6. The Morgan fingerprint density at radius 1 is 0.547 bits per heavy atom. The van der Waals surface area contributed by atoms with Gasteiger partial charge in [0.15, 0.2) is 11.6 Å². The predicted molar refractivity (Wildman–Crippen MR) is 256 cm³/mol. The molecule has 1 saturated carbocycles. The molecule has 9 aromatic rings. The van der Waals surface area contributed by atoms with Crippen LogP contribution in [0.3, 0.4) is 0 Å². The van der Waals surface area contributed by atoms with E-state index in [0.29, 0.717) is 5.92 Å². The zero-order chi connectivity index (χ0) is 44.7. The van der Waals surface area contributed by atoms with E-state index in [1.165, 1.54) is 41.3 Å². The van der Waals surface area contributed by atoms with Crippen LogP contribution in [0.25, 0.3) is 56.1 Å². The summed E-state index contributed by atoms with van der Waals surface area (Å²) < 4.78 is 35.9. The lowest BCUT2D eigenvalue weighted by Gasteiger charge is -2.12. The van der Waals surface area contributed by atoms with E-state index in [1.807, 2.05) is 156 Å². The molecule has 9 heteroatoms. The Kier molecular flexibility index (Phi) is 13.2. The molecular formula is C55H54FN5O3. The lowest BCUT2D eigenvalue weighted by atomic mass is 10.0. The number of nitrogens with zero attached hydrogens (tertiary/aromatic N) is 5. The van der Waals surface area contributed by atoms with E-state index in [2.05, 4.69) is 62.8 Å². The number of ether oxygens (including phenoxy) is 3. The van der Waals surface area contributed by atoms with Crippen LogP contribution in [-0.4, -0.2) is 36.0 Å². The largest absolute Gasteiger partial charge is 0.491 e. The van der Waals surface area contributed by atoms with Crippen molar-refractivity contribution in [1.29, 1.82) is 0 Å². The van der Waals surface area contributed by atoms with Crippen molar-refractivity contribution in [1.82, 2.24) is 23.8 Å². The van der Waals surface area contributed by atoms with Gasteiger partial charge in [-0.3, -0.25) is 13.8 Å². The van der Waals surface area contributed by atoms with Crippen LogP contribution in [-0.2, 0) is 0 Å². The molecule has 324 valence electrons. The number of hydrogen-bond donors (Lipinski definition) is 0.